The molecular formula is C15H22N2O. The number of fused-ring (bicyclic) bond motifs is 1. The Morgan fingerprint density at radius 3 is 2.94 bits per heavy atom. The summed E-state index contributed by atoms with van der Waals surface area (Å²) in [6.45, 7) is 5.99. The Kier molecular flexibility index (Phi) is 4.24. The van der Waals surface area contributed by atoms with Gasteiger partial charge in [0.25, 0.3) is 0 Å². The van der Waals surface area contributed by atoms with E-state index < -0.39 is 0 Å². The van der Waals surface area contributed by atoms with E-state index in [0.29, 0.717) is 5.92 Å². The predicted molar refractivity (Wildman–Crippen MR) is 75.0 cm³/mol. The molecular weight excluding hydrogens is 224 g/mol. The molecule has 1 N–H and O–H groups in total. The van der Waals surface area contributed by atoms with Gasteiger partial charge in [0, 0.05) is 18.8 Å². The number of anilines is 1. The zero-order valence-electron chi connectivity index (χ0n) is 11.3. The molecule has 0 saturated carbocycles. The van der Waals surface area contributed by atoms with E-state index in [2.05, 4.69) is 25.2 Å². The SMILES string of the molecule is CC(C)CCCNC(=O)N1CCc2ccccc21. The number of carbonyl (C=O) groups is 1. The molecule has 1 aliphatic heterocycles. The first-order chi connectivity index (χ1) is 8.68. The first-order valence-corrected chi connectivity index (χ1v) is 6.81. The average Bonchev–Trinajstić information content (AvgIpc) is 2.78. The number of para-hydroxylation sites is 1. The standard InChI is InChI=1S/C15H22N2O/c1-12(2)6-5-10-16-15(18)17-11-9-13-7-3-4-8-14(13)17/h3-4,7-8,12H,5-6,9-11H2,1-2H3,(H,16,18). The molecule has 0 saturated heterocycles. The number of amides is 2. The first-order valence-electron chi connectivity index (χ1n) is 6.81. The number of nitrogens with one attached hydrogen (secondary N) is 1. The maximum Gasteiger partial charge on any atom is 0.321 e. The molecule has 1 aromatic rings. The molecule has 2 amide bonds. The van der Waals surface area contributed by atoms with E-state index in [1.54, 1.807) is 0 Å². The largest absolute Gasteiger partial charge is 0.338 e. The van der Waals surface area contributed by atoms with Gasteiger partial charge in [-0.2, -0.15) is 0 Å². The summed E-state index contributed by atoms with van der Waals surface area (Å²) in [4.78, 5) is 13.9. The molecule has 0 aromatic heterocycles. The van der Waals surface area contributed by atoms with Crippen molar-refractivity contribution in [3.05, 3.63) is 29.8 Å². The van der Waals surface area contributed by atoms with Crippen LogP contribution >= 0.6 is 0 Å². The summed E-state index contributed by atoms with van der Waals surface area (Å²) >= 11 is 0. The van der Waals surface area contributed by atoms with Gasteiger partial charge in [-0.15, -0.1) is 0 Å². The average molecular weight is 246 g/mol. The van der Waals surface area contributed by atoms with Crippen LogP contribution in [0.15, 0.2) is 24.3 Å². The topological polar surface area (TPSA) is 32.3 Å². The fourth-order valence-corrected chi connectivity index (χ4v) is 2.35. The third-order valence-corrected chi connectivity index (χ3v) is 3.37. The molecule has 0 unspecified atom stereocenters. The number of carbonyl (C=O) groups excluding carboxylic acids is 1. The Balaban J connectivity index is 1.84. The van der Waals surface area contributed by atoms with Crippen molar-refractivity contribution >= 4 is 11.7 Å². The highest BCUT2D eigenvalue weighted by atomic mass is 16.2. The van der Waals surface area contributed by atoms with E-state index in [-0.39, 0.29) is 6.03 Å². The van der Waals surface area contributed by atoms with Crippen molar-refractivity contribution in [2.75, 3.05) is 18.0 Å². The Morgan fingerprint density at radius 1 is 1.39 bits per heavy atom. The second-order valence-electron chi connectivity index (χ2n) is 5.30. The molecule has 98 valence electrons. The Hall–Kier alpha value is -1.51. The molecule has 1 heterocycles. The van der Waals surface area contributed by atoms with Gasteiger partial charge in [-0.05, 0) is 36.8 Å². The fourth-order valence-electron chi connectivity index (χ4n) is 2.35. The lowest BCUT2D eigenvalue weighted by Crippen LogP contribution is -2.39. The van der Waals surface area contributed by atoms with E-state index in [1.807, 2.05) is 23.1 Å². The van der Waals surface area contributed by atoms with Gasteiger partial charge < -0.3 is 5.32 Å². The van der Waals surface area contributed by atoms with Crippen LogP contribution in [0.4, 0.5) is 10.5 Å². The highest BCUT2D eigenvalue weighted by Crippen LogP contribution is 2.27. The lowest BCUT2D eigenvalue weighted by molar-refractivity contribution is 0.246. The number of benzene rings is 1. The van der Waals surface area contributed by atoms with E-state index in [1.165, 1.54) is 5.56 Å². The van der Waals surface area contributed by atoms with Crippen LogP contribution in [0.3, 0.4) is 0 Å². The Morgan fingerprint density at radius 2 is 2.17 bits per heavy atom. The molecule has 0 radical (unpaired) electrons. The maximum absolute atomic E-state index is 12.1. The maximum atomic E-state index is 12.1. The highest BCUT2D eigenvalue weighted by Gasteiger charge is 2.23. The van der Waals surface area contributed by atoms with Gasteiger partial charge in [0.05, 0.1) is 0 Å². The minimum Gasteiger partial charge on any atom is -0.338 e. The molecule has 0 atom stereocenters. The zero-order chi connectivity index (χ0) is 13.0. The molecule has 2 rings (SSSR count). The molecule has 1 aromatic carbocycles. The minimum atomic E-state index is 0.0451. The summed E-state index contributed by atoms with van der Waals surface area (Å²) in [6, 6.07) is 8.19. The summed E-state index contributed by atoms with van der Waals surface area (Å²) in [5.74, 6) is 0.703. The van der Waals surface area contributed by atoms with Gasteiger partial charge in [-0.3, -0.25) is 4.90 Å². The molecule has 0 aliphatic carbocycles. The van der Waals surface area contributed by atoms with Gasteiger partial charge in [0.2, 0.25) is 0 Å². The lowest BCUT2D eigenvalue weighted by atomic mass is 10.1. The number of hydrogen-bond acceptors (Lipinski definition) is 1. The summed E-state index contributed by atoms with van der Waals surface area (Å²) in [7, 11) is 0. The fraction of sp³-hybridized carbons (Fsp3) is 0.533. The highest BCUT2D eigenvalue weighted by molar-refractivity contribution is 5.94. The third kappa shape index (κ3) is 3.03. The summed E-state index contributed by atoms with van der Waals surface area (Å²) in [5.41, 5.74) is 2.34. The minimum absolute atomic E-state index is 0.0451. The van der Waals surface area contributed by atoms with Crippen LogP contribution in [-0.2, 0) is 6.42 Å². The van der Waals surface area contributed by atoms with Crippen LogP contribution in [0.2, 0.25) is 0 Å². The van der Waals surface area contributed by atoms with Crippen LogP contribution in [0.25, 0.3) is 0 Å². The van der Waals surface area contributed by atoms with Crippen LogP contribution in [0, 0.1) is 5.92 Å². The van der Waals surface area contributed by atoms with E-state index >= 15 is 0 Å². The van der Waals surface area contributed by atoms with Crippen molar-refractivity contribution in [1.82, 2.24) is 5.32 Å². The lowest BCUT2D eigenvalue weighted by Gasteiger charge is -2.18. The van der Waals surface area contributed by atoms with Crippen LogP contribution in [0.1, 0.15) is 32.3 Å². The van der Waals surface area contributed by atoms with Crippen LogP contribution in [0.5, 0.6) is 0 Å². The van der Waals surface area contributed by atoms with Crippen molar-refractivity contribution in [2.24, 2.45) is 5.92 Å². The van der Waals surface area contributed by atoms with Crippen molar-refractivity contribution in [2.45, 2.75) is 33.1 Å². The van der Waals surface area contributed by atoms with Crippen molar-refractivity contribution in [3.8, 4) is 0 Å². The van der Waals surface area contributed by atoms with Crippen molar-refractivity contribution in [3.63, 3.8) is 0 Å². The van der Waals surface area contributed by atoms with Gasteiger partial charge in [0.15, 0.2) is 0 Å². The third-order valence-electron chi connectivity index (χ3n) is 3.37. The van der Waals surface area contributed by atoms with Crippen LogP contribution < -0.4 is 10.2 Å². The molecule has 18 heavy (non-hydrogen) atoms. The van der Waals surface area contributed by atoms with Gasteiger partial charge in [0.1, 0.15) is 0 Å². The van der Waals surface area contributed by atoms with Crippen molar-refractivity contribution < 1.29 is 4.79 Å². The number of hydrogen-bond donors (Lipinski definition) is 1. The molecule has 1 aliphatic rings. The normalized spacial score (nSPS) is 13.8. The molecule has 0 fully saturated rings. The van der Waals surface area contributed by atoms with Gasteiger partial charge in [-0.25, -0.2) is 4.79 Å². The predicted octanol–water partition coefficient (Wildman–Crippen LogP) is 3.19. The Labute approximate surface area is 109 Å². The van der Waals surface area contributed by atoms with Gasteiger partial charge in [-0.1, -0.05) is 32.0 Å². The number of nitrogens with zero attached hydrogens (tertiary/aromatic N) is 1. The quantitative estimate of drug-likeness (QED) is 0.813. The van der Waals surface area contributed by atoms with E-state index in [4.69, 9.17) is 0 Å². The zero-order valence-corrected chi connectivity index (χ0v) is 11.3. The van der Waals surface area contributed by atoms with Crippen molar-refractivity contribution in [1.29, 1.82) is 0 Å². The van der Waals surface area contributed by atoms with E-state index in [0.717, 1.165) is 38.0 Å². The molecule has 0 spiro atoms. The Bertz CT molecular complexity index is 415. The number of rotatable bonds is 4. The second-order valence-corrected chi connectivity index (χ2v) is 5.30. The monoisotopic (exact) mass is 246 g/mol. The van der Waals surface area contributed by atoms with E-state index in [9.17, 15) is 4.79 Å². The van der Waals surface area contributed by atoms with Gasteiger partial charge >= 0.3 is 6.03 Å². The summed E-state index contributed by atoms with van der Waals surface area (Å²) in [6.07, 6.45) is 3.19. The summed E-state index contributed by atoms with van der Waals surface area (Å²) < 4.78 is 0. The van der Waals surface area contributed by atoms with Crippen LogP contribution in [-0.4, -0.2) is 19.1 Å². The smallest absolute Gasteiger partial charge is 0.321 e. The summed E-state index contributed by atoms with van der Waals surface area (Å²) in [5, 5.41) is 3.01. The first kappa shape index (κ1) is 12.9. The second kappa shape index (κ2) is 5.89. The molecule has 3 nitrogen and oxygen atoms in total. The number of urea groups is 1. The molecule has 3 heteroatoms. The molecule has 0 bridgehead atoms.